The van der Waals surface area contributed by atoms with Gasteiger partial charge in [-0.15, -0.1) is 0 Å². The Morgan fingerprint density at radius 1 is 0.773 bits per heavy atom. The van der Waals surface area contributed by atoms with E-state index in [1.54, 1.807) is 0 Å². The van der Waals surface area contributed by atoms with Crippen LogP contribution in [0.3, 0.4) is 0 Å². The Morgan fingerprint density at radius 2 is 1.25 bits per heavy atom. The first-order valence-corrected chi connectivity index (χ1v) is 14.9. The van der Waals surface area contributed by atoms with Gasteiger partial charge in [0.2, 0.25) is 0 Å². The van der Waals surface area contributed by atoms with Crippen molar-refractivity contribution in [2.24, 2.45) is 5.92 Å². The Kier molecular flexibility index (Phi) is 12.6. The molecule has 1 aliphatic rings. The van der Waals surface area contributed by atoms with Gasteiger partial charge in [-0.05, 0) is 60.7 Å². The molecule has 238 valence electrons. The van der Waals surface area contributed by atoms with Crippen LogP contribution in [0.15, 0.2) is 57.5 Å². The van der Waals surface area contributed by atoms with E-state index in [-0.39, 0.29) is 17.9 Å². The standard InChI is InChI=1S/C15H11BrF4N2O2.C14H18BrFN2O2/c16-10-5-11(17)13(23)12(6-10)22-14(24)21-7-8-1-3-9(4-2-8)15(18,19)20;15-10-6-11(16)13(19)12(7-10)18-14(20)17-8-9-4-2-1-3-5-9/h1-6,23H,7H2,(H2,21,22,24);6-7,9,19H,1-5,8H2,(H2,17,18,20). The largest absolute Gasteiger partial charge is 0.503 e. The number of phenolic OH excluding ortho intramolecular Hbond substituents is 2. The quantitative estimate of drug-likeness (QED) is 0.112. The lowest BCUT2D eigenvalue weighted by Crippen LogP contribution is -2.33. The zero-order chi connectivity index (χ0) is 32.4. The zero-order valence-corrected chi connectivity index (χ0v) is 26.2. The van der Waals surface area contributed by atoms with Gasteiger partial charge in [-0.25, -0.2) is 18.4 Å². The molecule has 0 bridgehead atoms. The van der Waals surface area contributed by atoms with Gasteiger partial charge in [-0.3, -0.25) is 0 Å². The number of hydrogen-bond acceptors (Lipinski definition) is 4. The monoisotopic (exact) mass is 750 g/mol. The minimum absolute atomic E-state index is 0.0405. The van der Waals surface area contributed by atoms with E-state index in [9.17, 15) is 41.8 Å². The predicted octanol–water partition coefficient (Wildman–Crippen LogP) is 8.63. The lowest BCUT2D eigenvalue weighted by molar-refractivity contribution is -0.137. The number of alkyl halides is 3. The summed E-state index contributed by atoms with van der Waals surface area (Å²) in [6.07, 6.45) is 1.55. The highest BCUT2D eigenvalue weighted by atomic mass is 79.9. The second kappa shape index (κ2) is 15.9. The summed E-state index contributed by atoms with van der Waals surface area (Å²) in [7, 11) is 0. The lowest BCUT2D eigenvalue weighted by Gasteiger charge is -2.21. The van der Waals surface area contributed by atoms with Gasteiger partial charge in [-0.2, -0.15) is 13.2 Å². The highest BCUT2D eigenvalue weighted by molar-refractivity contribution is 9.10. The van der Waals surface area contributed by atoms with Crippen molar-refractivity contribution in [1.29, 1.82) is 0 Å². The van der Waals surface area contributed by atoms with Crippen molar-refractivity contribution in [3.63, 3.8) is 0 Å². The molecule has 0 aliphatic heterocycles. The van der Waals surface area contributed by atoms with Crippen LogP contribution in [-0.4, -0.2) is 28.8 Å². The van der Waals surface area contributed by atoms with Gasteiger partial charge in [0, 0.05) is 22.0 Å². The maximum atomic E-state index is 13.3. The average molecular weight is 752 g/mol. The van der Waals surface area contributed by atoms with Crippen LogP contribution >= 0.6 is 31.9 Å². The molecular weight excluding hydrogens is 723 g/mol. The van der Waals surface area contributed by atoms with Gasteiger partial charge < -0.3 is 31.5 Å². The van der Waals surface area contributed by atoms with Crippen LogP contribution in [0.2, 0.25) is 0 Å². The first-order chi connectivity index (χ1) is 20.7. The molecule has 6 N–H and O–H groups in total. The number of rotatable bonds is 6. The number of hydrogen-bond donors (Lipinski definition) is 6. The first kappa shape index (κ1) is 34.9. The first-order valence-electron chi connectivity index (χ1n) is 13.3. The molecular formula is C29H29Br2F5N4O4. The van der Waals surface area contributed by atoms with Crippen LogP contribution in [0.25, 0.3) is 0 Å². The van der Waals surface area contributed by atoms with Gasteiger partial charge in [-0.1, -0.05) is 63.3 Å². The number of amides is 4. The van der Waals surface area contributed by atoms with E-state index in [0.717, 1.165) is 37.1 Å². The summed E-state index contributed by atoms with van der Waals surface area (Å²) >= 11 is 6.14. The molecule has 44 heavy (non-hydrogen) atoms. The van der Waals surface area contributed by atoms with Gasteiger partial charge in [0.05, 0.1) is 16.9 Å². The molecule has 1 saturated carbocycles. The van der Waals surface area contributed by atoms with Crippen molar-refractivity contribution < 1.29 is 41.8 Å². The number of aromatic hydroxyl groups is 2. The van der Waals surface area contributed by atoms with E-state index in [4.69, 9.17) is 0 Å². The second-order valence-electron chi connectivity index (χ2n) is 9.91. The maximum absolute atomic E-state index is 13.3. The van der Waals surface area contributed by atoms with E-state index < -0.39 is 46.9 Å². The summed E-state index contributed by atoms with van der Waals surface area (Å²) in [6, 6.07) is 8.04. The number of nitrogens with one attached hydrogen (secondary N) is 4. The predicted molar refractivity (Wildman–Crippen MR) is 162 cm³/mol. The average Bonchev–Trinajstić information content (AvgIpc) is 2.96. The highest BCUT2D eigenvalue weighted by Crippen LogP contribution is 2.32. The van der Waals surface area contributed by atoms with Crippen LogP contribution in [0.1, 0.15) is 43.2 Å². The number of anilines is 2. The summed E-state index contributed by atoms with van der Waals surface area (Å²) in [5.41, 5.74) is -0.433. The molecule has 3 aromatic rings. The van der Waals surface area contributed by atoms with Gasteiger partial charge >= 0.3 is 18.2 Å². The number of urea groups is 2. The SMILES string of the molecule is O=C(NCC1CCCCC1)Nc1cc(Br)cc(F)c1O.O=C(NCc1ccc(C(F)(F)F)cc1)Nc1cc(Br)cc(F)c1O. The smallest absolute Gasteiger partial charge is 0.416 e. The van der Waals surface area contributed by atoms with Crippen LogP contribution in [0, 0.1) is 17.6 Å². The van der Waals surface area contributed by atoms with Crippen molar-refractivity contribution >= 4 is 55.3 Å². The molecule has 3 aromatic carbocycles. The Balaban J connectivity index is 0.000000244. The van der Waals surface area contributed by atoms with Crippen LogP contribution in [0.5, 0.6) is 11.5 Å². The van der Waals surface area contributed by atoms with Crippen molar-refractivity contribution in [2.45, 2.75) is 44.8 Å². The van der Waals surface area contributed by atoms with Crippen molar-refractivity contribution in [3.8, 4) is 11.5 Å². The van der Waals surface area contributed by atoms with Gasteiger partial charge in [0.15, 0.2) is 23.1 Å². The third-order valence-electron chi connectivity index (χ3n) is 6.56. The molecule has 4 amide bonds. The summed E-state index contributed by atoms with van der Waals surface area (Å²) in [5.74, 6) is -2.45. The van der Waals surface area contributed by atoms with E-state index >= 15 is 0 Å². The normalized spacial score (nSPS) is 13.3. The van der Waals surface area contributed by atoms with Crippen molar-refractivity contribution in [3.05, 3.63) is 80.2 Å². The molecule has 0 aromatic heterocycles. The molecule has 1 aliphatic carbocycles. The molecule has 0 saturated heterocycles. The number of benzene rings is 3. The van der Waals surface area contributed by atoms with Gasteiger partial charge in [0.25, 0.3) is 0 Å². The maximum Gasteiger partial charge on any atom is 0.416 e. The summed E-state index contributed by atoms with van der Waals surface area (Å²) < 4.78 is 64.7. The number of carbonyl (C=O) groups excluding carboxylic acids is 2. The lowest BCUT2D eigenvalue weighted by atomic mass is 9.89. The Morgan fingerprint density at radius 3 is 1.73 bits per heavy atom. The van der Waals surface area contributed by atoms with Crippen LogP contribution < -0.4 is 21.3 Å². The molecule has 0 heterocycles. The highest BCUT2D eigenvalue weighted by Gasteiger charge is 2.30. The Hall–Kier alpha value is -3.59. The van der Waals surface area contributed by atoms with Crippen molar-refractivity contribution in [1.82, 2.24) is 10.6 Å². The summed E-state index contributed by atoms with van der Waals surface area (Å²) in [6.45, 7) is 0.574. The number of halogens is 7. The summed E-state index contributed by atoms with van der Waals surface area (Å²) in [5, 5.41) is 28.9. The van der Waals surface area contributed by atoms with E-state index in [2.05, 4.69) is 53.1 Å². The minimum atomic E-state index is -4.42. The van der Waals surface area contributed by atoms with Crippen LogP contribution in [-0.2, 0) is 12.7 Å². The van der Waals surface area contributed by atoms with E-state index in [1.807, 2.05) is 0 Å². The van der Waals surface area contributed by atoms with E-state index in [1.165, 1.54) is 43.5 Å². The minimum Gasteiger partial charge on any atom is -0.503 e. The fourth-order valence-corrected chi connectivity index (χ4v) is 5.14. The zero-order valence-electron chi connectivity index (χ0n) is 23.0. The third-order valence-corrected chi connectivity index (χ3v) is 7.48. The molecule has 8 nitrogen and oxygen atoms in total. The molecule has 0 unspecified atom stereocenters. The molecule has 0 atom stereocenters. The Bertz CT molecular complexity index is 1450. The molecule has 1 fully saturated rings. The molecule has 15 heteroatoms. The van der Waals surface area contributed by atoms with Crippen LogP contribution in [0.4, 0.5) is 42.9 Å². The molecule has 0 radical (unpaired) electrons. The van der Waals surface area contributed by atoms with E-state index in [0.29, 0.717) is 27.0 Å². The third kappa shape index (κ3) is 10.8. The summed E-state index contributed by atoms with van der Waals surface area (Å²) in [4.78, 5) is 23.5. The second-order valence-corrected chi connectivity index (χ2v) is 11.7. The molecule has 0 spiro atoms. The van der Waals surface area contributed by atoms with Crippen molar-refractivity contribution in [2.75, 3.05) is 17.2 Å². The van der Waals surface area contributed by atoms with Gasteiger partial charge in [0.1, 0.15) is 0 Å². The number of carbonyl (C=O) groups is 2. The molecule has 4 rings (SSSR count). The number of phenols is 2. The fourth-order valence-electron chi connectivity index (χ4n) is 4.28. The fraction of sp³-hybridized carbons (Fsp3) is 0.310. The topological polar surface area (TPSA) is 123 Å². The Labute approximate surface area is 266 Å².